The molecule has 0 saturated carbocycles. The Morgan fingerprint density at radius 3 is 2.92 bits per heavy atom. The number of benzene rings is 1. The highest BCUT2D eigenvalue weighted by atomic mass is 35.5. The third-order valence-electron chi connectivity index (χ3n) is 3.68. The van der Waals surface area contributed by atoms with Gasteiger partial charge in [-0.05, 0) is 32.3 Å². The third-order valence-corrected chi connectivity index (χ3v) is 3.91. The van der Waals surface area contributed by atoms with Gasteiger partial charge >= 0.3 is 0 Å². The number of rotatable bonds is 7. The van der Waals surface area contributed by atoms with E-state index in [1.54, 1.807) is 10.6 Å². The van der Waals surface area contributed by atoms with Crippen LogP contribution in [0, 0.1) is 11.3 Å². The Labute approximate surface area is 156 Å². The molecule has 3 aromatic rings. The zero-order chi connectivity index (χ0) is 18.5. The van der Waals surface area contributed by atoms with E-state index in [9.17, 15) is 5.26 Å². The smallest absolute Gasteiger partial charge is 0.175 e. The predicted octanol–water partition coefficient (Wildman–Crippen LogP) is 3.08. The van der Waals surface area contributed by atoms with Crippen LogP contribution >= 0.6 is 11.6 Å². The summed E-state index contributed by atoms with van der Waals surface area (Å²) >= 11 is 6.06. The molecule has 26 heavy (non-hydrogen) atoms. The molecule has 0 fully saturated rings. The summed E-state index contributed by atoms with van der Waals surface area (Å²) in [6, 6.07) is 11.4. The van der Waals surface area contributed by atoms with Gasteiger partial charge in [0.05, 0.1) is 25.1 Å². The van der Waals surface area contributed by atoms with Gasteiger partial charge in [0.25, 0.3) is 0 Å². The first-order chi connectivity index (χ1) is 12.6. The van der Waals surface area contributed by atoms with Crippen molar-refractivity contribution in [2.45, 2.75) is 6.61 Å². The lowest BCUT2D eigenvalue weighted by Crippen LogP contribution is -2.18. The predicted molar refractivity (Wildman–Crippen MR) is 101 cm³/mol. The number of fused-ring (bicyclic) bond motifs is 1. The van der Waals surface area contributed by atoms with Crippen molar-refractivity contribution in [3.05, 3.63) is 52.8 Å². The zero-order valence-electron chi connectivity index (χ0n) is 14.6. The quantitative estimate of drug-likeness (QED) is 0.644. The van der Waals surface area contributed by atoms with E-state index in [0.717, 1.165) is 17.9 Å². The van der Waals surface area contributed by atoms with Crippen molar-refractivity contribution in [2.24, 2.45) is 0 Å². The van der Waals surface area contributed by atoms with Gasteiger partial charge < -0.3 is 15.0 Å². The summed E-state index contributed by atoms with van der Waals surface area (Å²) < 4.78 is 7.29. The minimum absolute atomic E-state index is 0.352. The topological polar surface area (TPSA) is 78.5 Å². The molecule has 8 heteroatoms. The molecule has 2 heterocycles. The molecule has 0 aliphatic rings. The number of nitrogens with one attached hydrogen (secondary N) is 1. The molecule has 0 unspecified atom stereocenters. The van der Waals surface area contributed by atoms with Gasteiger partial charge in [0.2, 0.25) is 0 Å². The normalized spacial score (nSPS) is 11.0. The second-order valence-electron chi connectivity index (χ2n) is 6.03. The maximum absolute atomic E-state index is 9.29. The molecule has 134 valence electrons. The largest absolute Gasteiger partial charge is 0.374 e. The second kappa shape index (κ2) is 8.15. The number of nitriles is 1. The molecule has 0 bridgehead atoms. The van der Waals surface area contributed by atoms with E-state index < -0.39 is 0 Å². The summed E-state index contributed by atoms with van der Waals surface area (Å²) in [5, 5.41) is 17.5. The van der Waals surface area contributed by atoms with E-state index in [1.165, 1.54) is 6.20 Å². The molecule has 0 spiro atoms. The van der Waals surface area contributed by atoms with Gasteiger partial charge in [0.15, 0.2) is 5.65 Å². The van der Waals surface area contributed by atoms with E-state index in [4.69, 9.17) is 16.3 Å². The Kier molecular flexibility index (Phi) is 5.68. The van der Waals surface area contributed by atoms with Crippen molar-refractivity contribution >= 4 is 28.8 Å². The molecule has 0 atom stereocenters. The lowest BCUT2D eigenvalue weighted by molar-refractivity contribution is 0.103. The van der Waals surface area contributed by atoms with E-state index in [-0.39, 0.29) is 0 Å². The van der Waals surface area contributed by atoms with E-state index in [1.807, 2.05) is 43.3 Å². The highest BCUT2D eigenvalue weighted by molar-refractivity contribution is 6.30. The van der Waals surface area contributed by atoms with E-state index in [2.05, 4.69) is 21.5 Å². The lowest BCUT2D eigenvalue weighted by Gasteiger charge is -2.12. The average molecular weight is 371 g/mol. The molecule has 1 N–H and O–H groups in total. The van der Waals surface area contributed by atoms with Gasteiger partial charge in [-0.15, -0.1) is 0 Å². The molecular formula is C18H19ClN6O. The maximum Gasteiger partial charge on any atom is 0.175 e. The van der Waals surface area contributed by atoms with Crippen LogP contribution in [0.25, 0.3) is 5.65 Å². The van der Waals surface area contributed by atoms with Crippen molar-refractivity contribution in [3.8, 4) is 6.07 Å². The summed E-state index contributed by atoms with van der Waals surface area (Å²) in [6.07, 6.45) is 1.50. The first kappa shape index (κ1) is 18.1. The van der Waals surface area contributed by atoms with Crippen LogP contribution < -0.4 is 5.32 Å². The molecule has 0 radical (unpaired) electrons. The molecule has 0 saturated heterocycles. The summed E-state index contributed by atoms with van der Waals surface area (Å²) in [4.78, 5) is 6.56. The van der Waals surface area contributed by atoms with Gasteiger partial charge in [-0.1, -0.05) is 17.7 Å². The number of ether oxygens (including phenoxy) is 1. The molecule has 3 rings (SSSR count). The van der Waals surface area contributed by atoms with Crippen molar-refractivity contribution in [1.82, 2.24) is 19.5 Å². The Bertz CT molecular complexity index is 946. The van der Waals surface area contributed by atoms with Crippen molar-refractivity contribution in [3.63, 3.8) is 0 Å². The lowest BCUT2D eigenvalue weighted by atomic mass is 10.3. The van der Waals surface area contributed by atoms with Gasteiger partial charge in [-0.2, -0.15) is 14.9 Å². The van der Waals surface area contributed by atoms with Crippen LogP contribution in [0.2, 0.25) is 5.02 Å². The van der Waals surface area contributed by atoms with Gasteiger partial charge in [-0.3, -0.25) is 0 Å². The summed E-state index contributed by atoms with van der Waals surface area (Å²) in [5.41, 5.74) is 2.44. The maximum atomic E-state index is 9.29. The van der Waals surface area contributed by atoms with Gasteiger partial charge in [0.1, 0.15) is 17.5 Å². The Hall–Kier alpha value is -2.66. The van der Waals surface area contributed by atoms with Crippen molar-refractivity contribution < 1.29 is 4.74 Å². The SMILES string of the molecule is CN(C)CCOCc1cc(Nc2cccc(Cl)c2)n2ncc(C#N)c2n1. The monoisotopic (exact) mass is 370 g/mol. The van der Waals surface area contributed by atoms with Gasteiger partial charge in [-0.25, -0.2) is 4.98 Å². The Morgan fingerprint density at radius 2 is 2.19 bits per heavy atom. The molecule has 7 nitrogen and oxygen atoms in total. The second-order valence-corrected chi connectivity index (χ2v) is 6.47. The molecule has 2 aromatic heterocycles. The summed E-state index contributed by atoms with van der Waals surface area (Å²) in [6.45, 7) is 1.78. The Balaban J connectivity index is 1.90. The molecule has 0 aliphatic carbocycles. The van der Waals surface area contributed by atoms with Crippen LogP contribution in [0.4, 0.5) is 11.5 Å². The Morgan fingerprint density at radius 1 is 1.35 bits per heavy atom. The van der Waals surface area contributed by atoms with Crippen molar-refractivity contribution in [1.29, 1.82) is 5.26 Å². The minimum Gasteiger partial charge on any atom is -0.374 e. The van der Waals surface area contributed by atoms with Crippen LogP contribution in [0.3, 0.4) is 0 Å². The highest BCUT2D eigenvalue weighted by Gasteiger charge is 2.12. The fourth-order valence-electron chi connectivity index (χ4n) is 2.39. The van der Waals surface area contributed by atoms with Crippen LogP contribution in [0.1, 0.15) is 11.3 Å². The average Bonchev–Trinajstić information content (AvgIpc) is 3.02. The number of anilines is 2. The molecule has 0 aliphatic heterocycles. The van der Waals surface area contributed by atoms with Crippen LogP contribution in [-0.4, -0.2) is 46.7 Å². The highest BCUT2D eigenvalue weighted by Crippen LogP contribution is 2.22. The number of aromatic nitrogens is 3. The van der Waals surface area contributed by atoms with E-state index >= 15 is 0 Å². The van der Waals surface area contributed by atoms with E-state index in [0.29, 0.717) is 35.3 Å². The summed E-state index contributed by atoms with van der Waals surface area (Å²) in [5.74, 6) is 0.685. The summed E-state index contributed by atoms with van der Waals surface area (Å²) in [7, 11) is 3.98. The van der Waals surface area contributed by atoms with Gasteiger partial charge in [0, 0.05) is 23.3 Å². The number of halogens is 1. The van der Waals surface area contributed by atoms with Crippen LogP contribution in [0.15, 0.2) is 36.5 Å². The molecule has 0 amide bonds. The molecule has 1 aromatic carbocycles. The van der Waals surface area contributed by atoms with Crippen LogP contribution in [0.5, 0.6) is 0 Å². The third kappa shape index (κ3) is 4.29. The number of hydrogen-bond donors (Lipinski definition) is 1. The fourth-order valence-corrected chi connectivity index (χ4v) is 2.58. The molecular weight excluding hydrogens is 352 g/mol. The fraction of sp³-hybridized carbons (Fsp3) is 0.278. The van der Waals surface area contributed by atoms with Crippen molar-refractivity contribution in [2.75, 3.05) is 32.6 Å². The number of hydrogen-bond acceptors (Lipinski definition) is 6. The minimum atomic E-state index is 0.352. The standard InChI is InChI=1S/C18H19ClN6O/c1-24(2)6-7-26-12-16-9-17(22-15-5-3-4-14(19)8-15)25-18(23-16)13(10-20)11-21-25/h3-5,8-9,11,22H,6-7,12H2,1-2H3. The van der Waals surface area contributed by atoms with Crippen LogP contribution in [-0.2, 0) is 11.3 Å². The first-order valence-electron chi connectivity index (χ1n) is 8.09. The number of likely N-dealkylation sites (N-methyl/N-ethyl adjacent to an activating group) is 1. The zero-order valence-corrected chi connectivity index (χ0v) is 15.4. The number of nitrogens with zero attached hydrogens (tertiary/aromatic N) is 5. The first-order valence-corrected chi connectivity index (χ1v) is 8.47.